The Hall–Kier alpha value is -2.40. The van der Waals surface area contributed by atoms with Gasteiger partial charge in [-0.2, -0.15) is 0 Å². The van der Waals surface area contributed by atoms with Crippen molar-refractivity contribution in [2.24, 2.45) is 0 Å². The Labute approximate surface area is 149 Å². The van der Waals surface area contributed by atoms with Gasteiger partial charge in [-0.1, -0.05) is 36.4 Å². The largest absolute Gasteiger partial charge is 0.376 e. The second-order valence-electron chi connectivity index (χ2n) is 6.37. The summed E-state index contributed by atoms with van der Waals surface area (Å²) in [6, 6.07) is 15.6. The Morgan fingerprint density at radius 1 is 1.28 bits per heavy atom. The summed E-state index contributed by atoms with van der Waals surface area (Å²) >= 11 is 0. The van der Waals surface area contributed by atoms with Crippen LogP contribution in [0.1, 0.15) is 37.1 Å². The molecule has 5 nitrogen and oxygen atoms in total. The summed E-state index contributed by atoms with van der Waals surface area (Å²) in [4.78, 5) is 19.1. The molecule has 5 heteroatoms. The average molecular weight is 339 g/mol. The van der Waals surface area contributed by atoms with Gasteiger partial charge in [0.2, 0.25) is 0 Å². The fourth-order valence-corrected chi connectivity index (χ4v) is 3.06. The summed E-state index contributed by atoms with van der Waals surface area (Å²) in [6.07, 6.45) is 3.97. The lowest BCUT2D eigenvalue weighted by molar-refractivity contribution is 0.107. The number of rotatable bonds is 6. The number of urea groups is 1. The van der Waals surface area contributed by atoms with Crippen LogP contribution in [0.3, 0.4) is 0 Å². The van der Waals surface area contributed by atoms with Gasteiger partial charge in [0.15, 0.2) is 0 Å². The van der Waals surface area contributed by atoms with Crippen molar-refractivity contribution >= 4 is 6.03 Å². The zero-order valence-electron chi connectivity index (χ0n) is 14.6. The number of benzene rings is 1. The van der Waals surface area contributed by atoms with Gasteiger partial charge in [0.25, 0.3) is 0 Å². The Balaban J connectivity index is 1.71. The van der Waals surface area contributed by atoms with Gasteiger partial charge in [0.05, 0.1) is 17.8 Å². The number of nitrogens with one attached hydrogen (secondary N) is 1. The molecule has 1 aliphatic rings. The van der Waals surface area contributed by atoms with Gasteiger partial charge in [-0.05, 0) is 37.5 Å². The summed E-state index contributed by atoms with van der Waals surface area (Å²) < 4.78 is 5.60. The predicted octanol–water partition coefficient (Wildman–Crippen LogP) is 3.53. The fourth-order valence-electron chi connectivity index (χ4n) is 3.06. The van der Waals surface area contributed by atoms with Crippen LogP contribution in [0.15, 0.2) is 54.7 Å². The van der Waals surface area contributed by atoms with Crippen LogP contribution < -0.4 is 5.32 Å². The van der Waals surface area contributed by atoms with Gasteiger partial charge in [-0.25, -0.2) is 4.79 Å². The quantitative estimate of drug-likeness (QED) is 0.876. The molecule has 0 aliphatic carbocycles. The van der Waals surface area contributed by atoms with Crippen LogP contribution in [0.4, 0.5) is 4.79 Å². The standard InChI is InChI=1S/C20H25N3O2/c1-16(19-11-5-6-12-21-19)23(15-17-8-3-2-4-9-17)20(24)22-14-18-10-7-13-25-18/h2-6,8-9,11-12,16,18H,7,10,13-15H2,1H3,(H,22,24)/t16-,18-/m1/s1. The molecule has 1 aliphatic heterocycles. The lowest BCUT2D eigenvalue weighted by Crippen LogP contribution is -2.43. The molecule has 132 valence electrons. The van der Waals surface area contributed by atoms with Crippen molar-refractivity contribution in [2.45, 2.75) is 38.5 Å². The van der Waals surface area contributed by atoms with Crippen LogP contribution in [0.2, 0.25) is 0 Å². The maximum Gasteiger partial charge on any atom is 0.318 e. The molecule has 2 atom stereocenters. The minimum Gasteiger partial charge on any atom is -0.376 e. The summed E-state index contributed by atoms with van der Waals surface area (Å²) in [7, 11) is 0. The van der Waals surface area contributed by atoms with Crippen LogP contribution in [-0.2, 0) is 11.3 Å². The second-order valence-corrected chi connectivity index (χ2v) is 6.37. The summed E-state index contributed by atoms with van der Waals surface area (Å²) in [6.45, 7) is 3.89. The minimum atomic E-state index is -0.120. The summed E-state index contributed by atoms with van der Waals surface area (Å²) in [5.41, 5.74) is 1.98. The van der Waals surface area contributed by atoms with Gasteiger partial charge < -0.3 is 15.0 Å². The van der Waals surface area contributed by atoms with Crippen molar-refractivity contribution in [1.82, 2.24) is 15.2 Å². The lowest BCUT2D eigenvalue weighted by atomic mass is 10.1. The predicted molar refractivity (Wildman–Crippen MR) is 97.0 cm³/mol. The number of carbonyl (C=O) groups excluding carboxylic acids is 1. The van der Waals surface area contributed by atoms with Crippen molar-refractivity contribution in [2.75, 3.05) is 13.2 Å². The zero-order chi connectivity index (χ0) is 17.5. The third-order valence-corrected chi connectivity index (χ3v) is 4.54. The SMILES string of the molecule is C[C@H](c1ccccn1)N(Cc1ccccc1)C(=O)NC[C@H]1CCCO1. The van der Waals surface area contributed by atoms with E-state index in [1.54, 1.807) is 6.20 Å². The van der Waals surface area contributed by atoms with Gasteiger partial charge in [0, 0.05) is 25.9 Å². The van der Waals surface area contributed by atoms with Gasteiger partial charge in [-0.3, -0.25) is 4.98 Å². The maximum atomic E-state index is 12.9. The van der Waals surface area contributed by atoms with E-state index in [-0.39, 0.29) is 18.2 Å². The lowest BCUT2D eigenvalue weighted by Gasteiger charge is -2.29. The van der Waals surface area contributed by atoms with E-state index in [1.807, 2.05) is 60.4 Å². The molecule has 0 radical (unpaired) electrons. The minimum absolute atomic E-state index is 0.0856. The molecule has 0 unspecified atom stereocenters. The van der Waals surface area contributed by atoms with E-state index in [9.17, 15) is 4.79 Å². The highest BCUT2D eigenvalue weighted by molar-refractivity contribution is 5.74. The third-order valence-electron chi connectivity index (χ3n) is 4.54. The van der Waals surface area contributed by atoms with Crippen molar-refractivity contribution in [3.8, 4) is 0 Å². The first kappa shape index (κ1) is 17.4. The van der Waals surface area contributed by atoms with Crippen molar-refractivity contribution in [3.63, 3.8) is 0 Å². The van der Waals surface area contributed by atoms with Gasteiger partial charge >= 0.3 is 6.03 Å². The topological polar surface area (TPSA) is 54.5 Å². The molecule has 0 bridgehead atoms. The molecule has 0 spiro atoms. The van der Waals surface area contributed by atoms with Crippen molar-refractivity contribution < 1.29 is 9.53 Å². The number of ether oxygens (including phenoxy) is 1. The maximum absolute atomic E-state index is 12.9. The highest BCUT2D eigenvalue weighted by atomic mass is 16.5. The summed E-state index contributed by atoms with van der Waals surface area (Å²) in [5, 5.41) is 3.03. The second kappa shape index (κ2) is 8.62. The molecule has 2 amide bonds. The van der Waals surface area contributed by atoms with Crippen molar-refractivity contribution in [3.05, 3.63) is 66.0 Å². The Kier molecular flexibility index (Phi) is 6.01. The fraction of sp³-hybridized carbons (Fsp3) is 0.400. The monoisotopic (exact) mass is 339 g/mol. The molecule has 1 aromatic heterocycles. The Morgan fingerprint density at radius 2 is 2.08 bits per heavy atom. The molecule has 25 heavy (non-hydrogen) atoms. The smallest absolute Gasteiger partial charge is 0.318 e. The van der Waals surface area contributed by atoms with Gasteiger partial charge in [0.1, 0.15) is 0 Å². The number of hydrogen-bond donors (Lipinski definition) is 1. The summed E-state index contributed by atoms with van der Waals surface area (Å²) in [5.74, 6) is 0. The molecule has 2 heterocycles. The Morgan fingerprint density at radius 3 is 2.76 bits per heavy atom. The van der Waals surface area contributed by atoms with E-state index >= 15 is 0 Å². The number of nitrogens with zero attached hydrogens (tertiary/aromatic N) is 2. The van der Waals surface area contributed by atoms with E-state index in [4.69, 9.17) is 4.74 Å². The van der Waals surface area contributed by atoms with E-state index in [0.717, 1.165) is 30.7 Å². The highest BCUT2D eigenvalue weighted by Crippen LogP contribution is 2.21. The van der Waals surface area contributed by atoms with E-state index in [2.05, 4.69) is 10.3 Å². The third kappa shape index (κ3) is 4.79. The molecule has 1 aromatic carbocycles. The molecule has 2 aromatic rings. The number of pyridine rings is 1. The van der Waals surface area contributed by atoms with Gasteiger partial charge in [-0.15, -0.1) is 0 Å². The molecule has 1 saturated heterocycles. The van der Waals surface area contributed by atoms with Crippen molar-refractivity contribution in [1.29, 1.82) is 0 Å². The van der Waals surface area contributed by atoms with Crippen LogP contribution in [0.5, 0.6) is 0 Å². The zero-order valence-corrected chi connectivity index (χ0v) is 14.6. The highest BCUT2D eigenvalue weighted by Gasteiger charge is 2.24. The molecule has 1 fully saturated rings. The normalized spacial score (nSPS) is 17.9. The van der Waals surface area contributed by atoms with Crippen LogP contribution >= 0.6 is 0 Å². The number of carbonyl (C=O) groups is 1. The first-order chi connectivity index (χ1) is 12.2. The molecule has 3 rings (SSSR count). The Bertz CT molecular complexity index is 657. The molecular formula is C20H25N3O2. The van der Waals surface area contributed by atoms with E-state index < -0.39 is 0 Å². The van der Waals surface area contributed by atoms with Crippen LogP contribution in [0.25, 0.3) is 0 Å². The van der Waals surface area contributed by atoms with E-state index in [0.29, 0.717) is 13.1 Å². The van der Waals surface area contributed by atoms with Crippen LogP contribution in [-0.4, -0.2) is 35.2 Å². The molecule has 0 saturated carbocycles. The van der Waals surface area contributed by atoms with Crippen LogP contribution in [0, 0.1) is 0 Å². The number of amides is 2. The average Bonchev–Trinajstić information content (AvgIpc) is 3.19. The number of hydrogen-bond acceptors (Lipinski definition) is 3. The molecule has 1 N–H and O–H groups in total. The first-order valence-electron chi connectivity index (χ1n) is 8.85. The van der Waals surface area contributed by atoms with E-state index in [1.165, 1.54) is 0 Å². The first-order valence-corrected chi connectivity index (χ1v) is 8.85. The molecular weight excluding hydrogens is 314 g/mol. The number of aromatic nitrogens is 1.